The fraction of sp³-hybridized carbons (Fsp3) is 0.300. The van der Waals surface area contributed by atoms with Crippen LogP contribution in [0, 0.1) is 5.82 Å². The summed E-state index contributed by atoms with van der Waals surface area (Å²) in [5.74, 6) is -0.116. The van der Waals surface area contributed by atoms with Crippen LogP contribution < -0.4 is 10.5 Å². The van der Waals surface area contributed by atoms with Crippen LogP contribution in [-0.4, -0.2) is 23.4 Å². The number of rotatable bonds is 3. The van der Waals surface area contributed by atoms with Gasteiger partial charge in [-0.25, -0.2) is 9.18 Å². The molecule has 1 rings (SSSR count). The molecular weight excluding hydrogens is 215 g/mol. The second-order valence-corrected chi connectivity index (χ2v) is 3.25. The van der Waals surface area contributed by atoms with Gasteiger partial charge in [0.05, 0.1) is 13.2 Å². The van der Waals surface area contributed by atoms with Crippen LogP contribution in [-0.2, 0) is 0 Å². The maximum Gasteiger partial charge on any atom is 0.339 e. The zero-order chi connectivity index (χ0) is 12.3. The lowest BCUT2D eigenvalue weighted by molar-refractivity contribution is -0.0715. The van der Waals surface area contributed by atoms with E-state index in [1.807, 2.05) is 0 Å². The van der Waals surface area contributed by atoms with Crippen molar-refractivity contribution in [3.8, 4) is 5.75 Å². The highest BCUT2D eigenvalue weighted by Crippen LogP contribution is 2.28. The maximum atomic E-state index is 13.0. The lowest BCUT2D eigenvalue weighted by atomic mass is 10.1. The number of methoxy groups -OCH3 is 1. The van der Waals surface area contributed by atoms with Crippen molar-refractivity contribution in [3.05, 3.63) is 29.6 Å². The quantitative estimate of drug-likeness (QED) is 0.610. The van der Waals surface area contributed by atoms with Crippen molar-refractivity contribution >= 4 is 6.03 Å². The summed E-state index contributed by atoms with van der Waals surface area (Å²) in [7, 11) is 1.41. The summed E-state index contributed by atoms with van der Waals surface area (Å²) >= 11 is 0. The molecule has 1 aromatic rings. The van der Waals surface area contributed by atoms with E-state index in [4.69, 9.17) is 10.5 Å². The van der Waals surface area contributed by atoms with Crippen molar-refractivity contribution in [3.63, 3.8) is 0 Å². The van der Waals surface area contributed by atoms with Gasteiger partial charge in [0.1, 0.15) is 11.6 Å². The minimum absolute atomic E-state index is 0.317. The second kappa shape index (κ2) is 4.80. The Morgan fingerprint density at radius 2 is 2.25 bits per heavy atom. The monoisotopic (exact) mass is 228 g/mol. The van der Waals surface area contributed by atoms with Crippen molar-refractivity contribution in [1.82, 2.24) is 5.06 Å². The summed E-state index contributed by atoms with van der Waals surface area (Å²) in [5.41, 5.74) is 5.24. The summed E-state index contributed by atoms with van der Waals surface area (Å²) < 4.78 is 18.0. The molecule has 2 amide bonds. The maximum absolute atomic E-state index is 13.0. The van der Waals surface area contributed by atoms with Crippen molar-refractivity contribution in [1.29, 1.82) is 0 Å². The lowest BCUT2D eigenvalue weighted by Gasteiger charge is -2.22. The van der Waals surface area contributed by atoms with Gasteiger partial charge in [0.2, 0.25) is 0 Å². The number of urea groups is 1. The van der Waals surface area contributed by atoms with E-state index in [-0.39, 0.29) is 0 Å². The van der Waals surface area contributed by atoms with Crippen LogP contribution in [0.1, 0.15) is 18.5 Å². The number of carbonyl (C=O) groups is 1. The van der Waals surface area contributed by atoms with Gasteiger partial charge in [0.15, 0.2) is 0 Å². The number of hydrogen-bond acceptors (Lipinski definition) is 3. The minimum atomic E-state index is -1.01. The first-order valence-corrected chi connectivity index (χ1v) is 4.58. The predicted octanol–water partition coefficient (Wildman–Crippen LogP) is 1.67. The fourth-order valence-electron chi connectivity index (χ4n) is 1.35. The SMILES string of the molecule is COc1ccc(F)cc1C(C)N(O)C(N)=O. The van der Waals surface area contributed by atoms with Crippen LogP contribution in [0.4, 0.5) is 9.18 Å². The van der Waals surface area contributed by atoms with Crippen molar-refractivity contribution < 1.29 is 19.1 Å². The third kappa shape index (κ3) is 2.40. The summed E-state index contributed by atoms with van der Waals surface area (Å²) in [4.78, 5) is 10.8. The summed E-state index contributed by atoms with van der Waals surface area (Å²) in [5, 5.41) is 9.66. The van der Waals surface area contributed by atoms with E-state index >= 15 is 0 Å². The molecule has 1 aromatic carbocycles. The van der Waals surface area contributed by atoms with Crippen molar-refractivity contribution in [2.45, 2.75) is 13.0 Å². The lowest BCUT2D eigenvalue weighted by Crippen LogP contribution is -2.35. The van der Waals surface area contributed by atoms with E-state index < -0.39 is 17.9 Å². The first kappa shape index (κ1) is 12.3. The normalized spacial score (nSPS) is 12.0. The third-order valence-corrected chi connectivity index (χ3v) is 2.23. The Labute approximate surface area is 92.2 Å². The van der Waals surface area contributed by atoms with E-state index in [9.17, 15) is 14.4 Å². The molecule has 0 fully saturated rings. The summed E-state index contributed by atoms with van der Waals surface area (Å²) in [6.45, 7) is 1.50. The van der Waals surface area contributed by atoms with E-state index in [2.05, 4.69) is 0 Å². The molecular formula is C10H13FN2O3. The number of primary amides is 1. The van der Waals surface area contributed by atoms with Crippen LogP contribution in [0.2, 0.25) is 0 Å². The highest BCUT2D eigenvalue weighted by atomic mass is 19.1. The molecule has 0 saturated carbocycles. The molecule has 88 valence electrons. The standard InChI is InChI=1S/C10H13FN2O3/c1-6(13(15)10(12)14)8-5-7(11)3-4-9(8)16-2/h3-6,15H,1-2H3,(H2,12,14). The zero-order valence-electron chi connectivity index (χ0n) is 8.98. The fourth-order valence-corrected chi connectivity index (χ4v) is 1.35. The van der Waals surface area contributed by atoms with Gasteiger partial charge >= 0.3 is 6.03 Å². The van der Waals surface area contributed by atoms with Crippen LogP contribution in [0.5, 0.6) is 5.75 Å². The Kier molecular flexibility index (Phi) is 3.68. The Morgan fingerprint density at radius 3 is 2.75 bits per heavy atom. The average Bonchev–Trinajstić information content (AvgIpc) is 2.26. The minimum Gasteiger partial charge on any atom is -0.496 e. The number of nitrogens with zero attached hydrogens (tertiary/aromatic N) is 1. The van der Waals surface area contributed by atoms with Crippen LogP contribution in [0.15, 0.2) is 18.2 Å². The molecule has 1 atom stereocenters. The number of hydrogen-bond donors (Lipinski definition) is 2. The Hall–Kier alpha value is -1.82. The topological polar surface area (TPSA) is 75.8 Å². The second-order valence-electron chi connectivity index (χ2n) is 3.25. The largest absolute Gasteiger partial charge is 0.496 e. The molecule has 16 heavy (non-hydrogen) atoms. The summed E-state index contributed by atoms with van der Waals surface area (Å²) in [6, 6.07) is 2.01. The Morgan fingerprint density at radius 1 is 1.62 bits per heavy atom. The van der Waals surface area contributed by atoms with Gasteiger partial charge in [-0.1, -0.05) is 0 Å². The van der Waals surface area contributed by atoms with Gasteiger partial charge in [-0.2, -0.15) is 5.06 Å². The molecule has 1 unspecified atom stereocenters. The van der Waals surface area contributed by atoms with Gasteiger partial charge in [-0.3, -0.25) is 5.21 Å². The number of halogens is 1. The van der Waals surface area contributed by atoms with Gasteiger partial charge in [0, 0.05) is 5.56 Å². The number of benzene rings is 1. The third-order valence-electron chi connectivity index (χ3n) is 2.23. The van der Waals surface area contributed by atoms with Gasteiger partial charge in [-0.15, -0.1) is 0 Å². The molecule has 0 heterocycles. The first-order valence-electron chi connectivity index (χ1n) is 4.58. The highest BCUT2D eigenvalue weighted by molar-refractivity contribution is 5.71. The van der Waals surface area contributed by atoms with E-state index in [1.165, 1.54) is 32.2 Å². The predicted molar refractivity (Wildman–Crippen MR) is 54.6 cm³/mol. The Balaban J connectivity index is 3.10. The van der Waals surface area contributed by atoms with Crippen LogP contribution >= 0.6 is 0 Å². The molecule has 0 aromatic heterocycles. The van der Waals surface area contributed by atoms with Gasteiger partial charge < -0.3 is 10.5 Å². The molecule has 0 bridgehead atoms. The number of carbonyl (C=O) groups excluding carboxylic acids is 1. The number of ether oxygens (including phenoxy) is 1. The summed E-state index contributed by atoms with van der Waals surface area (Å²) in [6.07, 6.45) is 0. The van der Waals surface area contributed by atoms with Crippen molar-refractivity contribution in [2.24, 2.45) is 5.73 Å². The molecule has 0 radical (unpaired) electrons. The molecule has 0 saturated heterocycles. The van der Waals surface area contributed by atoms with Crippen molar-refractivity contribution in [2.75, 3.05) is 7.11 Å². The molecule has 5 nitrogen and oxygen atoms in total. The van der Waals surface area contributed by atoms with E-state index in [0.29, 0.717) is 16.4 Å². The molecule has 3 N–H and O–H groups in total. The van der Waals surface area contributed by atoms with Crippen LogP contribution in [0.3, 0.4) is 0 Å². The molecule has 6 heteroatoms. The molecule has 0 aliphatic carbocycles. The van der Waals surface area contributed by atoms with E-state index in [1.54, 1.807) is 0 Å². The van der Waals surface area contributed by atoms with Gasteiger partial charge in [0.25, 0.3) is 0 Å². The first-order chi connectivity index (χ1) is 7.47. The molecule has 0 spiro atoms. The highest BCUT2D eigenvalue weighted by Gasteiger charge is 2.21. The van der Waals surface area contributed by atoms with Crippen LogP contribution in [0.25, 0.3) is 0 Å². The zero-order valence-corrected chi connectivity index (χ0v) is 8.98. The Bertz CT molecular complexity index is 398. The number of nitrogens with two attached hydrogens (primary N) is 1. The van der Waals surface area contributed by atoms with Gasteiger partial charge in [-0.05, 0) is 25.1 Å². The smallest absolute Gasteiger partial charge is 0.339 e. The number of hydroxylamine groups is 2. The van der Waals surface area contributed by atoms with E-state index in [0.717, 1.165) is 0 Å². The molecule has 0 aliphatic heterocycles. The average molecular weight is 228 g/mol. The number of amides is 2. The molecule has 0 aliphatic rings.